The summed E-state index contributed by atoms with van der Waals surface area (Å²) < 4.78 is 0. The van der Waals surface area contributed by atoms with Gasteiger partial charge in [0.1, 0.15) is 0 Å². The van der Waals surface area contributed by atoms with Gasteiger partial charge >= 0.3 is 0 Å². The van der Waals surface area contributed by atoms with Gasteiger partial charge in [-0.2, -0.15) is 0 Å². The second-order valence-corrected chi connectivity index (χ2v) is 7.05. The van der Waals surface area contributed by atoms with E-state index in [4.69, 9.17) is 4.98 Å². The van der Waals surface area contributed by atoms with Gasteiger partial charge in [-0.15, -0.1) is 11.3 Å². The molecule has 1 atom stereocenters. The maximum Gasteiger partial charge on any atom is 0.185 e. The molecule has 1 aromatic rings. The highest BCUT2D eigenvalue weighted by atomic mass is 32.1. The van der Waals surface area contributed by atoms with Gasteiger partial charge in [0.25, 0.3) is 0 Å². The summed E-state index contributed by atoms with van der Waals surface area (Å²) in [5.74, 6) is 0.557. The number of hydrogen-bond acceptors (Lipinski definition) is 4. The summed E-state index contributed by atoms with van der Waals surface area (Å²) in [5, 5.41) is 4.74. The van der Waals surface area contributed by atoms with Gasteiger partial charge in [-0.05, 0) is 25.2 Å². The molecule has 0 aliphatic heterocycles. The maximum absolute atomic E-state index is 4.92. The van der Waals surface area contributed by atoms with Crippen LogP contribution in [0.15, 0.2) is 0 Å². The van der Waals surface area contributed by atoms with Crippen LogP contribution in [0, 0.1) is 0 Å². The second-order valence-electron chi connectivity index (χ2n) is 5.99. The van der Waals surface area contributed by atoms with E-state index in [0.717, 1.165) is 19.0 Å². The fourth-order valence-corrected chi connectivity index (χ4v) is 3.29. The van der Waals surface area contributed by atoms with Crippen LogP contribution in [0.5, 0.6) is 0 Å². The summed E-state index contributed by atoms with van der Waals surface area (Å²) in [6, 6.07) is 1.26. The van der Waals surface area contributed by atoms with Crippen molar-refractivity contribution in [3.63, 3.8) is 0 Å². The number of hydrogen-bond donors (Lipinski definition) is 1. The minimum atomic E-state index is 0.525. The van der Waals surface area contributed by atoms with Crippen molar-refractivity contribution in [3.05, 3.63) is 10.6 Å². The summed E-state index contributed by atoms with van der Waals surface area (Å²) in [4.78, 5) is 8.72. The first-order chi connectivity index (χ1) is 9.02. The van der Waals surface area contributed by atoms with Crippen LogP contribution in [0.2, 0.25) is 0 Å². The Labute approximate surface area is 121 Å². The van der Waals surface area contributed by atoms with Crippen LogP contribution < -0.4 is 10.2 Å². The molecule has 0 radical (unpaired) electrons. The van der Waals surface area contributed by atoms with Gasteiger partial charge in [-0.25, -0.2) is 4.98 Å². The van der Waals surface area contributed by atoms with Crippen molar-refractivity contribution < 1.29 is 0 Å². The van der Waals surface area contributed by atoms with Crippen molar-refractivity contribution >= 4 is 16.5 Å². The largest absolute Gasteiger partial charge is 0.348 e. The molecule has 3 nitrogen and oxygen atoms in total. The molecule has 1 aliphatic rings. The molecule has 1 fully saturated rings. The molecule has 19 heavy (non-hydrogen) atoms. The lowest BCUT2D eigenvalue weighted by atomic mass is 10.0. The van der Waals surface area contributed by atoms with Gasteiger partial charge in [0, 0.05) is 30.6 Å². The maximum atomic E-state index is 4.92. The second kappa shape index (κ2) is 6.23. The predicted octanol–water partition coefficient (Wildman–Crippen LogP) is 3.75. The molecule has 2 rings (SSSR count). The Balaban J connectivity index is 2.17. The van der Waals surface area contributed by atoms with Crippen LogP contribution in [-0.4, -0.2) is 24.1 Å². The van der Waals surface area contributed by atoms with Crippen molar-refractivity contribution in [2.45, 2.75) is 71.5 Å². The number of nitrogens with zero attached hydrogens (tertiary/aromatic N) is 2. The zero-order valence-electron chi connectivity index (χ0n) is 12.9. The number of nitrogens with one attached hydrogen (secondary N) is 1. The molecule has 1 aromatic heterocycles. The Morgan fingerprint density at radius 1 is 1.37 bits per heavy atom. The van der Waals surface area contributed by atoms with Gasteiger partial charge < -0.3 is 10.2 Å². The quantitative estimate of drug-likeness (QED) is 0.825. The molecule has 0 amide bonds. The van der Waals surface area contributed by atoms with Crippen LogP contribution in [0.25, 0.3) is 0 Å². The molecule has 1 N–H and O–H groups in total. The minimum absolute atomic E-state index is 0.525. The van der Waals surface area contributed by atoms with E-state index in [-0.39, 0.29) is 0 Å². The first-order valence-corrected chi connectivity index (χ1v) is 8.30. The first kappa shape index (κ1) is 14.8. The summed E-state index contributed by atoms with van der Waals surface area (Å²) >= 11 is 1.87. The van der Waals surface area contributed by atoms with Gasteiger partial charge in [-0.3, -0.25) is 0 Å². The van der Waals surface area contributed by atoms with E-state index in [9.17, 15) is 0 Å². The molecule has 0 bridgehead atoms. The fourth-order valence-electron chi connectivity index (χ4n) is 2.12. The summed E-state index contributed by atoms with van der Waals surface area (Å²) in [6.07, 6.45) is 3.81. The fraction of sp³-hybridized carbons (Fsp3) is 0.800. The van der Waals surface area contributed by atoms with Crippen LogP contribution in [0.4, 0.5) is 5.13 Å². The third kappa shape index (κ3) is 3.69. The van der Waals surface area contributed by atoms with E-state index in [0.29, 0.717) is 12.0 Å². The van der Waals surface area contributed by atoms with Crippen LogP contribution in [-0.2, 0) is 6.54 Å². The van der Waals surface area contributed by atoms with E-state index in [1.165, 1.54) is 28.5 Å². The zero-order chi connectivity index (χ0) is 14.0. The summed E-state index contributed by atoms with van der Waals surface area (Å²) in [6.45, 7) is 9.87. The third-order valence-corrected chi connectivity index (χ3v) is 5.02. The van der Waals surface area contributed by atoms with E-state index in [1.807, 2.05) is 11.3 Å². The average Bonchev–Trinajstić information content (AvgIpc) is 3.14. The zero-order valence-corrected chi connectivity index (χ0v) is 13.7. The molecular formula is C15H27N3S. The Kier molecular flexibility index (Phi) is 4.85. The lowest BCUT2D eigenvalue weighted by Gasteiger charge is -2.13. The lowest BCUT2D eigenvalue weighted by molar-refractivity contribution is 0.584. The molecular weight excluding hydrogens is 254 g/mol. The highest BCUT2D eigenvalue weighted by Gasteiger charge is 2.29. The molecule has 0 saturated heterocycles. The van der Waals surface area contributed by atoms with Crippen molar-refractivity contribution in [2.75, 3.05) is 11.9 Å². The Morgan fingerprint density at radius 2 is 2.05 bits per heavy atom. The van der Waals surface area contributed by atoms with Crippen LogP contribution in [0.3, 0.4) is 0 Å². The standard InChI is InChI=1S/C15H27N3S/c1-6-11(4)14-13(9-16-10(2)3)19-15(17-14)18(5)12-7-8-12/h10-12,16H,6-9H2,1-5H3. The number of anilines is 1. The van der Waals surface area contributed by atoms with Crippen LogP contribution in [0.1, 0.15) is 63.4 Å². The molecule has 0 spiro atoms. The molecule has 0 aromatic carbocycles. The minimum Gasteiger partial charge on any atom is -0.348 e. The molecule has 1 saturated carbocycles. The Hall–Kier alpha value is -0.610. The van der Waals surface area contributed by atoms with Crippen molar-refractivity contribution in [1.82, 2.24) is 10.3 Å². The highest BCUT2D eigenvalue weighted by molar-refractivity contribution is 7.15. The van der Waals surface area contributed by atoms with Crippen molar-refractivity contribution in [1.29, 1.82) is 0 Å². The topological polar surface area (TPSA) is 28.2 Å². The highest BCUT2D eigenvalue weighted by Crippen LogP contribution is 2.36. The van der Waals surface area contributed by atoms with E-state index in [1.54, 1.807) is 0 Å². The van der Waals surface area contributed by atoms with E-state index in [2.05, 4.69) is 45.0 Å². The van der Waals surface area contributed by atoms with Crippen LogP contribution >= 0.6 is 11.3 Å². The summed E-state index contributed by atoms with van der Waals surface area (Å²) in [5.41, 5.74) is 1.31. The Bertz CT molecular complexity index is 410. The Morgan fingerprint density at radius 3 is 2.58 bits per heavy atom. The molecule has 1 unspecified atom stereocenters. The monoisotopic (exact) mass is 281 g/mol. The van der Waals surface area contributed by atoms with E-state index >= 15 is 0 Å². The normalized spacial score (nSPS) is 16.9. The predicted molar refractivity (Wildman–Crippen MR) is 84.2 cm³/mol. The third-order valence-electron chi connectivity index (χ3n) is 3.86. The molecule has 1 heterocycles. The van der Waals surface area contributed by atoms with E-state index < -0.39 is 0 Å². The SMILES string of the molecule is CCC(C)c1nc(N(C)C2CC2)sc1CNC(C)C. The van der Waals surface area contributed by atoms with Gasteiger partial charge in [0.15, 0.2) is 5.13 Å². The lowest BCUT2D eigenvalue weighted by Crippen LogP contribution is -2.22. The average molecular weight is 281 g/mol. The molecule has 108 valence electrons. The number of aromatic nitrogens is 1. The smallest absolute Gasteiger partial charge is 0.185 e. The molecule has 1 aliphatic carbocycles. The van der Waals surface area contributed by atoms with Crippen molar-refractivity contribution in [2.24, 2.45) is 0 Å². The van der Waals surface area contributed by atoms with Gasteiger partial charge in [0.2, 0.25) is 0 Å². The summed E-state index contributed by atoms with van der Waals surface area (Å²) in [7, 11) is 2.19. The van der Waals surface area contributed by atoms with Gasteiger partial charge in [-0.1, -0.05) is 27.7 Å². The van der Waals surface area contributed by atoms with Gasteiger partial charge in [0.05, 0.1) is 5.69 Å². The molecule has 4 heteroatoms. The van der Waals surface area contributed by atoms with Crippen molar-refractivity contribution in [3.8, 4) is 0 Å². The number of thiazole rings is 1. The first-order valence-electron chi connectivity index (χ1n) is 7.48. The number of rotatable bonds is 7.